The van der Waals surface area contributed by atoms with Crippen LogP contribution < -0.4 is 0 Å². The molecule has 6 heteroatoms. The number of esters is 1. The van der Waals surface area contributed by atoms with Gasteiger partial charge in [0.05, 0.1) is 11.5 Å². The van der Waals surface area contributed by atoms with E-state index in [0.717, 1.165) is 37.0 Å². The lowest BCUT2D eigenvalue weighted by Gasteiger charge is -2.32. The number of rotatable bonds is 4. The molecular weight excluding hydrogens is 286 g/mol. The molecule has 0 aliphatic heterocycles. The molecule has 1 aliphatic rings. The summed E-state index contributed by atoms with van der Waals surface area (Å²) in [7, 11) is 0. The van der Waals surface area contributed by atoms with E-state index >= 15 is 0 Å². The molecule has 0 radical (unpaired) electrons. The van der Waals surface area contributed by atoms with Crippen molar-refractivity contribution in [3.63, 3.8) is 0 Å². The molecule has 0 unspecified atom stereocenters. The van der Waals surface area contributed by atoms with Crippen LogP contribution in [0.1, 0.15) is 44.9 Å². The minimum Gasteiger partial charge on any atom is -0.465 e. The quantitative estimate of drug-likeness (QED) is 0.880. The minimum atomic E-state index is -0.642. The van der Waals surface area contributed by atoms with Crippen LogP contribution in [0.3, 0.4) is 0 Å². The average molecular weight is 305 g/mol. The van der Waals surface area contributed by atoms with Crippen molar-refractivity contribution in [3.05, 3.63) is 23.3 Å². The van der Waals surface area contributed by atoms with E-state index in [1.807, 2.05) is 24.4 Å². The number of carbonyl (C=O) groups excluding carboxylic acids is 1. The van der Waals surface area contributed by atoms with Gasteiger partial charge in [0.1, 0.15) is 11.2 Å². The Kier molecular flexibility index (Phi) is 4.05. The van der Waals surface area contributed by atoms with Crippen LogP contribution in [0.2, 0.25) is 0 Å². The highest BCUT2D eigenvalue weighted by Crippen LogP contribution is 2.39. The van der Waals surface area contributed by atoms with Gasteiger partial charge in [-0.3, -0.25) is 9.89 Å². The molecule has 0 atom stereocenters. The van der Waals surface area contributed by atoms with Gasteiger partial charge in [-0.15, -0.1) is 11.3 Å². The van der Waals surface area contributed by atoms with Gasteiger partial charge in [-0.25, -0.2) is 4.98 Å². The number of carbonyl (C=O) groups is 1. The molecule has 2 aromatic heterocycles. The zero-order valence-electron chi connectivity index (χ0n) is 12.1. The maximum Gasteiger partial charge on any atom is 0.319 e. The first-order chi connectivity index (χ1) is 10.3. The highest BCUT2D eigenvalue weighted by atomic mass is 32.1. The van der Waals surface area contributed by atoms with Crippen molar-refractivity contribution < 1.29 is 9.53 Å². The number of hydrogen-bond acceptors (Lipinski definition) is 5. The van der Waals surface area contributed by atoms with Crippen LogP contribution in [0, 0.1) is 0 Å². The number of thiophene rings is 1. The van der Waals surface area contributed by atoms with Crippen LogP contribution in [0.15, 0.2) is 17.5 Å². The van der Waals surface area contributed by atoms with Crippen LogP contribution >= 0.6 is 11.3 Å². The summed E-state index contributed by atoms with van der Waals surface area (Å²) in [6.45, 7) is 2.23. The van der Waals surface area contributed by atoms with Gasteiger partial charge in [0.15, 0.2) is 5.82 Å². The van der Waals surface area contributed by atoms with Gasteiger partial charge in [0, 0.05) is 0 Å². The Bertz CT molecular complexity index is 600. The molecule has 0 spiro atoms. The molecule has 5 nitrogen and oxygen atoms in total. The normalized spacial score (nSPS) is 17.6. The molecule has 1 N–H and O–H groups in total. The molecule has 1 saturated carbocycles. The fourth-order valence-corrected chi connectivity index (χ4v) is 3.61. The zero-order chi connectivity index (χ0) is 14.7. The van der Waals surface area contributed by atoms with Gasteiger partial charge in [0.25, 0.3) is 0 Å². The molecule has 2 heterocycles. The summed E-state index contributed by atoms with van der Waals surface area (Å²) in [4.78, 5) is 18.1. The third kappa shape index (κ3) is 2.60. The summed E-state index contributed by atoms with van der Waals surface area (Å²) in [5, 5.41) is 9.27. The second-order valence-electron chi connectivity index (χ2n) is 5.35. The molecule has 1 fully saturated rings. The fourth-order valence-electron chi connectivity index (χ4n) is 2.95. The standard InChI is InChI=1S/C15H19N3O2S/c1-2-20-14(19)15(8-4-3-5-9-15)13-16-12(17-18-13)11-7-6-10-21-11/h6-7,10H,2-5,8-9H2,1H3,(H,16,17,18). The monoisotopic (exact) mass is 305 g/mol. The first kappa shape index (κ1) is 14.3. The largest absolute Gasteiger partial charge is 0.465 e. The molecular formula is C15H19N3O2S. The maximum atomic E-state index is 12.5. The molecule has 112 valence electrons. The molecule has 2 aromatic rings. The molecule has 0 amide bonds. The Hall–Kier alpha value is -1.69. The fraction of sp³-hybridized carbons (Fsp3) is 0.533. The van der Waals surface area contributed by atoms with E-state index in [4.69, 9.17) is 4.74 Å². The molecule has 0 saturated heterocycles. The summed E-state index contributed by atoms with van der Waals surface area (Å²) in [5.74, 6) is 1.15. The molecule has 3 rings (SSSR count). The Morgan fingerprint density at radius 1 is 1.43 bits per heavy atom. The summed E-state index contributed by atoms with van der Waals surface area (Å²) in [6, 6.07) is 3.95. The summed E-state index contributed by atoms with van der Waals surface area (Å²) < 4.78 is 5.31. The Labute approximate surface area is 127 Å². The first-order valence-corrected chi connectivity index (χ1v) is 8.28. The van der Waals surface area contributed by atoms with Gasteiger partial charge < -0.3 is 4.74 Å². The van der Waals surface area contributed by atoms with Crippen molar-refractivity contribution in [2.45, 2.75) is 44.4 Å². The van der Waals surface area contributed by atoms with Crippen molar-refractivity contribution in [1.29, 1.82) is 0 Å². The van der Waals surface area contributed by atoms with Gasteiger partial charge >= 0.3 is 5.97 Å². The van der Waals surface area contributed by atoms with E-state index in [9.17, 15) is 4.79 Å². The van der Waals surface area contributed by atoms with E-state index < -0.39 is 5.41 Å². The highest BCUT2D eigenvalue weighted by Gasteiger charge is 2.45. The molecule has 0 aromatic carbocycles. The number of H-pyrrole nitrogens is 1. The van der Waals surface area contributed by atoms with E-state index in [2.05, 4.69) is 15.2 Å². The number of aromatic amines is 1. The summed E-state index contributed by atoms with van der Waals surface area (Å²) in [5.41, 5.74) is -0.642. The topological polar surface area (TPSA) is 67.9 Å². The predicted molar refractivity (Wildman–Crippen MR) is 81.1 cm³/mol. The Morgan fingerprint density at radius 3 is 2.90 bits per heavy atom. The van der Waals surface area contributed by atoms with Gasteiger partial charge in [-0.2, -0.15) is 5.10 Å². The van der Waals surface area contributed by atoms with Crippen molar-refractivity contribution >= 4 is 17.3 Å². The molecule has 1 aliphatic carbocycles. The van der Waals surface area contributed by atoms with Crippen molar-refractivity contribution in [1.82, 2.24) is 15.2 Å². The summed E-state index contributed by atoms with van der Waals surface area (Å²) in [6.07, 6.45) is 4.77. The van der Waals surface area contributed by atoms with Gasteiger partial charge in [0.2, 0.25) is 0 Å². The van der Waals surface area contributed by atoms with E-state index in [-0.39, 0.29) is 5.97 Å². The SMILES string of the molecule is CCOC(=O)C1(c2nc(-c3cccs3)n[nH]2)CCCCC1. The van der Waals surface area contributed by atoms with E-state index in [1.165, 1.54) is 0 Å². The highest BCUT2D eigenvalue weighted by molar-refractivity contribution is 7.13. The second kappa shape index (κ2) is 5.97. The average Bonchev–Trinajstić information content (AvgIpc) is 3.19. The van der Waals surface area contributed by atoms with E-state index in [1.54, 1.807) is 11.3 Å². The van der Waals surface area contributed by atoms with Crippen LogP contribution in [0.25, 0.3) is 10.7 Å². The van der Waals surface area contributed by atoms with Crippen LogP contribution in [-0.4, -0.2) is 27.8 Å². The lowest BCUT2D eigenvalue weighted by Crippen LogP contribution is -2.40. The molecule has 0 bridgehead atoms. The number of nitrogens with one attached hydrogen (secondary N) is 1. The third-order valence-corrected chi connectivity index (χ3v) is 4.92. The number of nitrogens with zero attached hydrogens (tertiary/aromatic N) is 2. The van der Waals surface area contributed by atoms with Crippen LogP contribution in [0.5, 0.6) is 0 Å². The zero-order valence-corrected chi connectivity index (χ0v) is 12.9. The van der Waals surface area contributed by atoms with Crippen molar-refractivity contribution in [2.75, 3.05) is 6.61 Å². The third-order valence-electron chi connectivity index (χ3n) is 4.05. The van der Waals surface area contributed by atoms with Crippen molar-refractivity contribution in [2.24, 2.45) is 0 Å². The van der Waals surface area contributed by atoms with Crippen LogP contribution in [0.4, 0.5) is 0 Å². The maximum absolute atomic E-state index is 12.5. The van der Waals surface area contributed by atoms with Crippen molar-refractivity contribution in [3.8, 4) is 10.7 Å². The van der Waals surface area contributed by atoms with E-state index in [0.29, 0.717) is 18.3 Å². The lowest BCUT2D eigenvalue weighted by atomic mass is 9.73. The van der Waals surface area contributed by atoms with Crippen LogP contribution in [-0.2, 0) is 14.9 Å². The number of ether oxygens (including phenoxy) is 1. The Balaban J connectivity index is 1.95. The Morgan fingerprint density at radius 2 is 2.24 bits per heavy atom. The number of hydrogen-bond donors (Lipinski definition) is 1. The molecule has 21 heavy (non-hydrogen) atoms. The smallest absolute Gasteiger partial charge is 0.319 e. The minimum absolute atomic E-state index is 0.168. The van der Waals surface area contributed by atoms with Gasteiger partial charge in [-0.05, 0) is 31.2 Å². The number of aromatic nitrogens is 3. The predicted octanol–water partition coefficient (Wildman–Crippen LogP) is 3.30. The first-order valence-electron chi connectivity index (χ1n) is 7.40. The van der Waals surface area contributed by atoms with Gasteiger partial charge in [-0.1, -0.05) is 25.3 Å². The lowest BCUT2D eigenvalue weighted by molar-refractivity contribution is -0.152. The second-order valence-corrected chi connectivity index (χ2v) is 6.30. The summed E-state index contributed by atoms with van der Waals surface area (Å²) >= 11 is 1.59.